The first kappa shape index (κ1) is 10.3. The normalized spacial score (nSPS) is 15.9. The van der Waals surface area contributed by atoms with Crippen molar-refractivity contribution in [3.8, 4) is 0 Å². The van der Waals surface area contributed by atoms with Gasteiger partial charge in [0.2, 0.25) is 0 Å². The van der Waals surface area contributed by atoms with Crippen molar-refractivity contribution in [2.24, 2.45) is 0 Å². The lowest BCUT2D eigenvalue weighted by atomic mass is 10.0. The Labute approximate surface area is 99.4 Å². The van der Waals surface area contributed by atoms with Crippen LogP contribution in [0.5, 0.6) is 0 Å². The van der Waals surface area contributed by atoms with Crippen LogP contribution in [0.25, 0.3) is 16.6 Å². The number of allylic oxidation sites excluding steroid dienone is 2. The summed E-state index contributed by atoms with van der Waals surface area (Å²) in [4.78, 5) is 15.6. The topological polar surface area (TPSA) is 34.9 Å². The van der Waals surface area contributed by atoms with Gasteiger partial charge in [0.25, 0.3) is 5.56 Å². The largest absolute Gasteiger partial charge is 0.304 e. The van der Waals surface area contributed by atoms with Gasteiger partial charge in [-0.15, -0.1) is 0 Å². The van der Waals surface area contributed by atoms with Crippen molar-refractivity contribution in [3.63, 3.8) is 0 Å². The molecular formula is C14H14N2O. The lowest BCUT2D eigenvalue weighted by molar-refractivity contribution is 0.718. The molecule has 1 aliphatic rings. The average Bonchev–Trinajstić information content (AvgIpc) is 2.41. The molecule has 1 aliphatic carbocycles. The number of benzene rings is 1. The molecule has 3 nitrogen and oxygen atoms in total. The first-order valence-electron chi connectivity index (χ1n) is 6.02. The molecule has 0 fully saturated rings. The van der Waals surface area contributed by atoms with Crippen molar-refractivity contribution >= 4 is 16.6 Å². The van der Waals surface area contributed by atoms with E-state index in [0.29, 0.717) is 5.39 Å². The van der Waals surface area contributed by atoms with Crippen molar-refractivity contribution < 1.29 is 0 Å². The zero-order valence-corrected chi connectivity index (χ0v) is 9.60. The molecule has 0 amide bonds. The van der Waals surface area contributed by atoms with Gasteiger partial charge in [0.15, 0.2) is 0 Å². The fourth-order valence-electron chi connectivity index (χ4n) is 2.38. The number of hydrogen-bond donors (Lipinski definition) is 0. The Bertz CT molecular complexity index is 640. The van der Waals surface area contributed by atoms with Gasteiger partial charge in [0, 0.05) is 5.70 Å². The van der Waals surface area contributed by atoms with Gasteiger partial charge in [0.1, 0.15) is 6.33 Å². The molecule has 3 heteroatoms. The summed E-state index contributed by atoms with van der Waals surface area (Å²) in [5.41, 5.74) is 2.08. The van der Waals surface area contributed by atoms with Gasteiger partial charge in [-0.05, 0) is 37.8 Å². The van der Waals surface area contributed by atoms with Crippen LogP contribution in [0.2, 0.25) is 0 Å². The quantitative estimate of drug-likeness (QED) is 0.749. The summed E-state index contributed by atoms with van der Waals surface area (Å²) < 4.78 is 2.05. The molecule has 0 N–H and O–H groups in total. The summed E-state index contributed by atoms with van der Waals surface area (Å²) in [6.07, 6.45) is 8.57. The van der Waals surface area contributed by atoms with Gasteiger partial charge < -0.3 is 4.57 Å². The summed E-state index contributed by atoms with van der Waals surface area (Å²) in [5.74, 6) is 0. The Hall–Kier alpha value is -1.90. The highest BCUT2D eigenvalue weighted by Crippen LogP contribution is 2.23. The van der Waals surface area contributed by atoms with Crippen molar-refractivity contribution in [1.82, 2.24) is 9.55 Å². The van der Waals surface area contributed by atoms with Crippen LogP contribution < -0.4 is 5.56 Å². The molecule has 1 aromatic carbocycles. The maximum absolute atomic E-state index is 11.7. The summed E-state index contributed by atoms with van der Waals surface area (Å²) in [6, 6.07) is 7.66. The van der Waals surface area contributed by atoms with E-state index in [1.165, 1.54) is 18.5 Å². The number of hydrogen-bond acceptors (Lipinski definition) is 2. The maximum atomic E-state index is 11.7. The number of aromatic nitrogens is 2. The van der Waals surface area contributed by atoms with E-state index >= 15 is 0 Å². The lowest BCUT2D eigenvalue weighted by Crippen LogP contribution is -2.12. The molecule has 0 aliphatic heterocycles. The Morgan fingerprint density at radius 1 is 1.18 bits per heavy atom. The molecule has 17 heavy (non-hydrogen) atoms. The van der Waals surface area contributed by atoms with E-state index in [0.717, 1.165) is 18.4 Å². The van der Waals surface area contributed by atoms with Crippen LogP contribution in [0.4, 0.5) is 0 Å². The fraction of sp³-hybridized carbons (Fsp3) is 0.286. The van der Waals surface area contributed by atoms with Gasteiger partial charge in [-0.3, -0.25) is 4.79 Å². The smallest absolute Gasteiger partial charge is 0.280 e. The summed E-state index contributed by atoms with van der Waals surface area (Å²) in [6.45, 7) is 0. The standard InChI is InChI=1S/C14H14N2O/c17-14-12-8-4-5-9-13(12)16(10-15-14)11-6-2-1-3-7-11/h4-6,8-10H,1-3,7H2. The summed E-state index contributed by atoms with van der Waals surface area (Å²) in [7, 11) is 0. The van der Waals surface area contributed by atoms with Gasteiger partial charge >= 0.3 is 0 Å². The van der Waals surface area contributed by atoms with Crippen molar-refractivity contribution in [2.45, 2.75) is 25.7 Å². The van der Waals surface area contributed by atoms with Crippen LogP contribution in [0.15, 0.2) is 41.5 Å². The molecule has 0 atom stereocenters. The van der Waals surface area contributed by atoms with Crippen LogP contribution >= 0.6 is 0 Å². The van der Waals surface area contributed by atoms with Crippen molar-refractivity contribution in [3.05, 3.63) is 47.0 Å². The molecule has 3 rings (SSSR count). The van der Waals surface area contributed by atoms with E-state index in [-0.39, 0.29) is 5.56 Å². The number of para-hydroxylation sites is 1. The lowest BCUT2D eigenvalue weighted by Gasteiger charge is -2.17. The molecular weight excluding hydrogens is 212 g/mol. The fourth-order valence-corrected chi connectivity index (χ4v) is 2.38. The van der Waals surface area contributed by atoms with E-state index in [2.05, 4.69) is 15.6 Å². The Morgan fingerprint density at radius 3 is 2.88 bits per heavy atom. The first-order chi connectivity index (χ1) is 8.36. The third-order valence-corrected chi connectivity index (χ3v) is 3.26. The minimum absolute atomic E-state index is 0.145. The molecule has 0 spiro atoms. The molecule has 86 valence electrons. The van der Waals surface area contributed by atoms with E-state index < -0.39 is 0 Å². The summed E-state index contributed by atoms with van der Waals surface area (Å²) in [5, 5.41) is 0.696. The molecule has 0 unspecified atom stereocenters. The third kappa shape index (κ3) is 1.78. The first-order valence-corrected chi connectivity index (χ1v) is 6.02. The molecule has 1 aromatic heterocycles. The second-order valence-electron chi connectivity index (χ2n) is 4.38. The predicted octanol–water partition coefficient (Wildman–Crippen LogP) is 2.81. The zero-order chi connectivity index (χ0) is 11.7. The van der Waals surface area contributed by atoms with E-state index in [1.807, 2.05) is 24.3 Å². The van der Waals surface area contributed by atoms with Crippen LogP contribution in [0.3, 0.4) is 0 Å². The van der Waals surface area contributed by atoms with E-state index in [4.69, 9.17) is 0 Å². The molecule has 0 radical (unpaired) electrons. The van der Waals surface area contributed by atoms with Crippen LogP contribution in [0, 0.1) is 0 Å². The van der Waals surface area contributed by atoms with Crippen LogP contribution in [-0.2, 0) is 0 Å². The van der Waals surface area contributed by atoms with Crippen LogP contribution in [0.1, 0.15) is 25.7 Å². The maximum Gasteiger partial charge on any atom is 0.280 e. The second kappa shape index (κ2) is 4.17. The highest BCUT2D eigenvalue weighted by atomic mass is 16.1. The van der Waals surface area contributed by atoms with Crippen LogP contribution in [-0.4, -0.2) is 9.55 Å². The third-order valence-electron chi connectivity index (χ3n) is 3.26. The average molecular weight is 226 g/mol. The molecule has 1 heterocycles. The van der Waals surface area contributed by atoms with Gasteiger partial charge in [-0.1, -0.05) is 18.2 Å². The highest BCUT2D eigenvalue weighted by molar-refractivity contribution is 5.80. The van der Waals surface area contributed by atoms with Crippen molar-refractivity contribution in [2.75, 3.05) is 0 Å². The number of nitrogens with zero attached hydrogens (tertiary/aromatic N) is 2. The molecule has 0 bridgehead atoms. The van der Waals surface area contributed by atoms with Gasteiger partial charge in [-0.25, -0.2) is 0 Å². The van der Waals surface area contributed by atoms with Gasteiger partial charge in [-0.2, -0.15) is 4.98 Å². The minimum atomic E-state index is -0.145. The highest BCUT2D eigenvalue weighted by Gasteiger charge is 2.09. The second-order valence-corrected chi connectivity index (χ2v) is 4.38. The minimum Gasteiger partial charge on any atom is -0.304 e. The number of rotatable bonds is 1. The van der Waals surface area contributed by atoms with Crippen molar-refractivity contribution in [1.29, 1.82) is 0 Å². The monoisotopic (exact) mass is 226 g/mol. The molecule has 2 aromatic rings. The SMILES string of the molecule is O=c1ncn(C2=CCCCC2)c2ccccc12. The Balaban J connectivity index is 2.27. The van der Waals surface area contributed by atoms with Gasteiger partial charge in [0.05, 0.1) is 10.9 Å². The predicted molar refractivity (Wildman–Crippen MR) is 68.7 cm³/mol. The summed E-state index contributed by atoms with van der Waals surface area (Å²) >= 11 is 0. The van der Waals surface area contributed by atoms with E-state index in [9.17, 15) is 4.79 Å². The van der Waals surface area contributed by atoms with E-state index in [1.54, 1.807) is 6.33 Å². The Morgan fingerprint density at radius 2 is 2.06 bits per heavy atom. The molecule has 0 saturated heterocycles. The number of fused-ring (bicyclic) bond motifs is 1. The zero-order valence-electron chi connectivity index (χ0n) is 9.60. The Kier molecular flexibility index (Phi) is 2.52. The molecule has 0 saturated carbocycles.